The van der Waals surface area contributed by atoms with Gasteiger partial charge in [0.05, 0.1) is 5.75 Å². The summed E-state index contributed by atoms with van der Waals surface area (Å²) < 4.78 is 19.6. The summed E-state index contributed by atoms with van der Waals surface area (Å²) in [4.78, 5) is 12.0. The second-order valence-electron chi connectivity index (χ2n) is 5.36. The number of nitrogens with zero attached hydrogens (tertiary/aromatic N) is 3. The number of thioether (sulfide) groups is 1. The monoisotopic (exact) mass is 407 g/mol. The fourth-order valence-corrected chi connectivity index (χ4v) is 2.84. The van der Waals surface area contributed by atoms with Crippen molar-refractivity contribution in [3.05, 3.63) is 65.2 Å². The molecule has 0 bridgehead atoms. The van der Waals surface area contributed by atoms with E-state index < -0.39 is 0 Å². The van der Waals surface area contributed by atoms with Crippen molar-refractivity contribution in [1.29, 1.82) is 0 Å². The Hall–Kier alpha value is -2.78. The van der Waals surface area contributed by atoms with Crippen molar-refractivity contribution in [2.75, 3.05) is 16.9 Å². The van der Waals surface area contributed by atoms with Crippen LogP contribution >= 0.6 is 23.4 Å². The molecule has 0 saturated heterocycles. The van der Waals surface area contributed by atoms with Gasteiger partial charge in [-0.15, -0.1) is 10.2 Å². The molecule has 0 aliphatic heterocycles. The molecule has 1 heterocycles. The summed E-state index contributed by atoms with van der Waals surface area (Å²) in [6.07, 6.45) is 0. The van der Waals surface area contributed by atoms with Crippen LogP contribution in [0.3, 0.4) is 0 Å². The second kappa shape index (κ2) is 8.74. The zero-order chi connectivity index (χ0) is 19.2. The molecule has 1 amide bonds. The molecule has 0 unspecified atom stereocenters. The molecule has 0 aliphatic rings. The molecule has 2 aromatic carbocycles. The number of hydrogen-bond acceptors (Lipinski definition) is 6. The lowest BCUT2D eigenvalue weighted by molar-refractivity contribution is -0.113. The van der Waals surface area contributed by atoms with Gasteiger partial charge in [-0.25, -0.2) is 9.07 Å². The lowest BCUT2D eigenvalue weighted by atomic mass is 10.3. The van der Waals surface area contributed by atoms with Gasteiger partial charge in [0.1, 0.15) is 18.2 Å². The third-order valence-electron chi connectivity index (χ3n) is 3.38. The Labute approximate surface area is 163 Å². The summed E-state index contributed by atoms with van der Waals surface area (Å²) in [6, 6.07) is 12.4. The normalized spacial score (nSPS) is 10.6. The van der Waals surface area contributed by atoms with Crippen LogP contribution in [0, 0.1) is 5.82 Å². The van der Waals surface area contributed by atoms with E-state index in [1.165, 1.54) is 28.9 Å². The maximum Gasteiger partial charge on any atom is 0.234 e. The van der Waals surface area contributed by atoms with Gasteiger partial charge in [0.15, 0.2) is 5.82 Å². The van der Waals surface area contributed by atoms with E-state index in [1.807, 2.05) is 0 Å². The minimum atomic E-state index is -0.347. The molecule has 1 aromatic heterocycles. The van der Waals surface area contributed by atoms with Crippen LogP contribution < -0.4 is 15.9 Å². The van der Waals surface area contributed by atoms with Crippen LogP contribution in [0.15, 0.2) is 53.7 Å². The molecule has 7 nitrogen and oxygen atoms in total. The summed E-state index contributed by atoms with van der Waals surface area (Å²) in [6.45, 7) is 0.0622. The van der Waals surface area contributed by atoms with Gasteiger partial charge in [-0.1, -0.05) is 23.4 Å². The van der Waals surface area contributed by atoms with Crippen LogP contribution in [-0.4, -0.2) is 26.5 Å². The highest BCUT2D eigenvalue weighted by Gasteiger charge is 2.13. The average Bonchev–Trinajstić information content (AvgIpc) is 3.01. The summed E-state index contributed by atoms with van der Waals surface area (Å²) in [5.41, 5.74) is 0.646. The highest BCUT2D eigenvalue weighted by molar-refractivity contribution is 7.99. The Morgan fingerprint density at radius 3 is 2.59 bits per heavy atom. The summed E-state index contributed by atoms with van der Waals surface area (Å²) in [7, 11) is 0. The summed E-state index contributed by atoms with van der Waals surface area (Å²) >= 11 is 6.95. The number of benzene rings is 2. The van der Waals surface area contributed by atoms with Gasteiger partial charge in [0.25, 0.3) is 0 Å². The van der Waals surface area contributed by atoms with Crippen LogP contribution in [0.1, 0.15) is 5.82 Å². The maximum atomic E-state index is 12.9. The zero-order valence-electron chi connectivity index (χ0n) is 13.9. The van der Waals surface area contributed by atoms with Gasteiger partial charge in [0.2, 0.25) is 11.1 Å². The molecule has 0 aliphatic carbocycles. The fraction of sp³-hybridized carbons (Fsp3) is 0.118. The van der Waals surface area contributed by atoms with Crippen LogP contribution in [0.25, 0.3) is 0 Å². The molecule has 3 rings (SSSR count). The van der Waals surface area contributed by atoms with E-state index >= 15 is 0 Å². The number of aromatic nitrogens is 3. The molecular formula is C17H15ClFN5O2S. The van der Waals surface area contributed by atoms with Gasteiger partial charge in [0, 0.05) is 10.7 Å². The van der Waals surface area contributed by atoms with Gasteiger partial charge in [-0.2, -0.15) is 0 Å². The molecule has 0 radical (unpaired) electrons. The SMILES string of the molecule is Nn1c(COc2ccc(F)cc2)nnc1SCC(=O)Nc1ccc(Cl)cc1. The predicted molar refractivity (Wildman–Crippen MR) is 102 cm³/mol. The minimum Gasteiger partial charge on any atom is -0.486 e. The molecule has 3 N–H and O–H groups in total. The summed E-state index contributed by atoms with van der Waals surface area (Å²) in [5.74, 6) is 6.34. The number of rotatable bonds is 7. The van der Waals surface area contributed by atoms with E-state index in [0.29, 0.717) is 27.4 Å². The molecule has 0 atom stereocenters. The number of hydrogen-bond donors (Lipinski definition) is 2. The van der Waals surface area contributed by atoms with Crippen molar-refractivity contribution in [2.45, 2.75) is 11.8 Å². The quantitative estimate of drug-likeness (QED) is 0.461. The second-order valence-corrected chi connectivity index (χ2v) is 6.73. The van der Waals surface area contributed by atoms with E-state index in [9.17, 15) is 9.18 Å². The highest BCUT2D eigenvalue weighted by Crippen LogP contribution is 2.18. The van der Waals surface area contributed by atoms with Gasteiger partial charge >= 0.3 is 0 Å². The fourth-order valence-electron chi connectivity index (χ4n) is 2.04. The van der Waals surface area contributed by atoms with Gasteiger partial charge in [-0.3, -0.25) is 4.79 Å². The van der Waals surface area contributed by atoms with Crippen molar-refractivity contribution < 1.29 is 13.9 Å². The first-order chi connectivity index (χ1) is 13.0. The highest BCUT2D eigenvalue weighted by atomic mass is 35.5. The lowest BCUT2D eigenvalue weighted by Gasteiger charge is -2.07. The van der Waals surface area contributed by atoms with Crippen molar-refractivity contribution in [3.8, 4) is 5.75 Å². The Kier molecular flexibility index (Phi) is 6.15. The number of nitrogens with two attached hydrogens (primary N) is 1. The van der Waals surface area contributed by atoms with E-state index in [2.05, 4.69) is 15.5 Å². The standard InChI is InChI=1S/C17H15ClFN5O2S/c18-11-1-5-13(6-2-11)21-16(25)10-27-17-23-22-15(24(17)20)9-26-14-7-3-12(19)4-8-14/h1-8H,9-10,20H2,(H,21,25). The van der Waals surface area contributed by atoms with E-state index in [0.717, 1.165) is 11.8 Å². The summed E-state index contributed by atoms with van der Waals surface area (Å²) in [5, 5.41) is 11.6. The lowest BCUT2D eigenvalue weighted by Crippen LogP contribution is -2.18. The van der Waals surface area contributed by atoms with E-state index in [1.54, 1.807) is 24.3 Å². The number of amides is 1. The van der Waals surface area contributed by atoms with Crippen molar-refractivity contribution in [3.63, 3.8) is 0 Å². The van der Waals surface area contributed by atoms with Crippen LogP contribution in [0.4, 0.5) is 10.1 Å². The van der Waals surface area contributed by atoms with Crippen molar-refractivity contribution in [1.82, 2.24) is 14.9 Å². The molecule has 0 spiro atoms. The first-order valence-electron chi connectivity index (χ1n) is 7.77. The van der Waals surface area contributed by atoms with Crippen LogP contribution in [0.5, 0.6) is 5.75 Å². The third-order valence-corrected chi connectivity index (χ3v) is 4.57. The number of anilines is 1. The number of ether oxygens (including phenoxy) is 1. The molecule has 140 valence electrons. The minimum absolute atomic E-state index is 0.0622. The Balaban J connectivity index is 1.51. The maximum absolute atomic E-state index is 12.9. The number of carbonyl (C=O) groups is 1. The predicted octanol–water partition coefficient (Wildman–Crippen LogP) is 3.09. The average molecular weight is 408 g/mol. The van der Waals surface area contributed by atoms with Gasteiger partial charge in [-0.05, 0) is 48.5 Å². The Morgan fingerprint density at radius 1 is 1.19 bits per heavy atom. The molecule has 27 heavy (non-hydrogen) atoms. The van der Waals surface area contributed by atoms with E-state index in [4.69, 9.17) is 22.2 Å². The Morgan fingerprint density at radius 2 is 1.89 bits per heavy atom. The molecular weight excluding hydrogens is 393 g/mol. The number of nitrogens with one attached hydrogen (secondary N) is 1. The van der Waals surface area contributed by atoms with Gasteiger partial charge < -0.3 is 15.9 Å². The zero-order valence-corrected chi connectivity index (χ0v) is 15.5. The number of nitrogen functional groups attached to an aromatic ring is 1. The van der Waals surface area contributed by atoms with Crippen LogP contribution in [-0.2, 0) is 11.4 Å². The first-order valence-corrected chi connectivity index (χ1v) is 9.13. The molecule has 0 fully saturated rings. The molecule has 3 aromatic rings. The third kappa shape index (κ3) is 5.35. The molecule has 10 heteroatoms. The number of carbonyl (C=O) groups excluding carboxylic acids is 1. The van der Waals surface area contributed by atoms with Crippen LogP contribution in [0.2, 0.25) is 5.02 Å². The number of halogens is 2. The van der Waals surface area contributed by atoms with Crippen molar-refractivity contribution in [2.24, 2.45) is 0 Å². The largest absolute Gasteiger partial charge is 0.486 e. The Bertz CT molecular complexity index is 918. The topological polar surface area (TPSA) is 95.1 Å². The van der Waals surface area contributed by atoms with E-state index in [-0.39, 0.29) is 24.1 Å². The van der Waals surface area contributed by atoms with Crippen molar-refractivity contribution >= 4 is 35.0 Å². The smallest absolute Gasteiger partial charge is 0.234 e. The first kappa shape index (κ1) is 19.0. The molecule has 0 saturated carbocycles.